The van der Waals surface area contributed by atoms with E-state index in [4.69, 9.17) is 0 Å². The van der Waals surface area contributed by atoms with Gasteiger partial charge >= 0.3 is 6.36 Å². The van der Waals surface area contributed by atoms with Gasteiger partial charge in [0.05, 0.1) is 17.5 Å². The predicted octanol–water partition coefficient (Wildman–Crippen LogP) is 3.85. The van der Waals surface area contributed by atoms with E-state index < -0.39 is 6.36 Å². The van der Waals surface area contributed by atoms with Crippen molar-refractivity contribution in [3.63, 3.8) is 0 Å². The van der Waals surface area contributed by atoms with Crippen molar-refractivity contribution in [3.8, 4) is 11.4 Å². The molecule has 3 aromatic rings. The van der Waals surface area contributed by atoms with E-state index in [1.165, 1.54) is 34.5 Å². The fraction of sp³-hybridized carbons (Fsp3) is 0.300. The minimum absolute atomic E-state index is 0.0183. The Labute approximate surface area is 180 Å². The summed E-state index contributed by atoms with van der Waals surface area (Å²) in [6, 6.07) is 13.2. The van der Waals surface area contributed by atoms with Crippen LogP contribution in [0.15, 0.2) is 53.7 Å². The zero-order valence-electron chi connectivity index (χ0n) is 16.2. The molecule has 1 aliphatic carbocycles. The highest BCUT2D eigenvalue weighted by atomic mass is 32.2. The highest BCUT2D eigenvalue weighted by molar-refractivity contribution is 7.99. The van der Waals surface area contributed by atoms with Crippen molar-refractivity contribution in [2.75, 3.05) is 5.75 Å². The van der Waals surface area contributed by atoms with Gasteiger partial charge in [0, 0.05) is 0 Å². The van der Waals surface area contributed by atoms with Gasteiger partial charge in [-0.15, -0.1) is 18.3 Å². The normalized spacial score (nSPS) is 15.9. The Morgan fingerprint density at radius 1 is 1.19 bits per heavy atom. The number of nitrogens with zero attached hydrogens (tertiary/aromatic N) is 4. The minimum Gasteiger partial charge on any atom is -0.406 e. The number of nitrogens with one attached hydrogen (secondary N) is 1. The molecule has 11 heteroatoms. The van der Waals surface area contributed by atoms with Gasteiger partial charge in [-0.25, -0.2) is 0 Å². The lowest BCUT2D eigenvalue weighted by Gasteiger charge is -2.26. The van der Waals surface area contributed by atoms with Gasteiger partial charge in [-0.05, 0) is 65.1 Å². The van der Waals surface area contributed by atoms with Crippen LogP contribution in [0.5, 0.6) is 5.75 Å². The van der Waals surface area contributed by atoms with Crippen molar-refractivity contribution in [3.05, 3.63) is 59.7 Å². The van der Waals surface area contributed by atoms with E-state index in [-0.39, 0.29) is 23.5 Å². The van der Waals surface area contributed by atoms with E-state index in [1.807, 2.05) is 18.2 Å². The van der Waals surface area contributed by atoms with Crippen molar-refractivity contribution in [1.29, 1.82) is 0 Å². The zero-order chi connectivity index (χ0) is 21.8. The third-order valence-corrected chi connectivity index (χ3v) is 5.71. The molecular weight excluding hydrogens is 431 g/mol. The molecular formula is C20H18F3N5O2S. The summed E-state index contributed by atoms with van der Waals surface area (Å²) in [7, 11) is 0. The van der Waals surface area contributed by atoms with Gasteiger partial charge in [-0.1, -0.05) is 36.0 Å². The number of ether oxygens (including phenoxy) is 1. The summed E-state index contributed by atoms with van der Waals surface area (Å²) < 4.78 is 42.1. The molecule has 1 amide bonds. The van der Waals surface area contributed by atoms with E-state index >= 15 is 0 Å². The molecule has 0 saturated carbocycles. The molecule has 1 atom stereocenters. The molecule has 0 fully saturated rings. The zero-order valence-corrected chi connectivity index (χ0v) is 17.0. The number of halogens is 3. The van der Waals surface area contributed by atoms with Crippen LogP contribution in [0.2, 0.25) is 0 Å². The standard InChI is InChI=1S/C20H18F3N5O2S/c21-20(22,23)30-15-10-8-14(9-11-15)28-19(25-26-27-28)31-12-18(29)24-17-7-3-5-13-4-1-2-6-16(13)17/h1-2,4,6,8-11,17H,3,5,7,12H2,(H,24,29). The highest BCUT2D eigenvalue weighted by Gasteiger charge is 2.31. The van der Waals surface area contributed by atoms with Gasteiger partial charge in [-0.3, -0.25) is 4.79 Å². The number of alkyl halides is 3. The van der Waals surface area contributed by atoms with Crippen LogP contribution >= 0.6 is 11.8 Å². The Morgan fingerprint density at radius 3 is 2.74 bits per heavy atom. The summed E-state index contributed by atoms with van der Waals surface area (Å²) in [5.41, 5.74) is 2.86. The maximum Gasteiger partial charge on any atom is 0.573 e. The first-order valence-electron chi connectivity index (χ1n) is 9.53. The number of thioether (sulfide) groups is 1. The fourth-order valence-electron chi connectivity index (χ4n) is 3.49. The lowest BCUT2D eigenvalue weighted by Crippen LogP contribution is -2.32. The van der Waals surface area contributed by atoms with Crippen LogP contribution < -0.4 is 10.1 Å². The van der Waals surface area contributed by atoms with Crippen molar-refractivity contribution in [2.45, 2.75) is 36.8 Å². The molecule has 31 heavy (non-hydrogen) atoms. The summed E-state index contributed by atoms with van der Waals surface area (Å²) in [6.07, 6.45) is -1.85. The Hall–Kier alpha value is -3.08. The van der Waals surface area contributed by atoms with Gasteiger partial charge in [0.25, 0.3) is 0 Å². The Morgan fingerprint density at radius 2 is 1.97 bits per heavy atom. The third kappa shape index (κ3) is 5.35. The van der Waals surface area contributed by atoms with Crippen LogP contribution in [0.25, 0.3) is 5.69 Å². The Kier molecular flexibility index (Phi) is 6.12. The lowest BCUT2D eigenvalue weighted by atomic mass is 9.88. The van der Waals surface area contributed by atoms with Gasteiger partial charge in [-0.2, -0.15) is 4.68 Å². The molecule has 1 heterocycles. The quantitative estimate of drug-likeness (QED) is 0.576. The van der Waals surface area contributed by atoms with E-state index in [0.717, 1.165) is 36.6 Å². The number of benzene rings is 2. The smallest absolute Gasteiger partial charge is 0.406 e. The molecule has 7 nitrogen and oxygen atoms in total. The van der Waals surface area contributed by atoms with Crippen molar-refractivity contribution in [1.82, 2.24) is 25.5 Å². The van der Waals surface area contributed by atoms with Crippen LogP contribution in [-0.2, 0) is 11.2 Å². The van der Waals surface area contributed by atoms with Gasteiger partial charge in [0.1, 0.15) is 5.75 Å². The second kappa shape index (κ2) is 8.96. The topological polar surface area (TPSA) is 81.9 Å². The Bertz CT molecular complexity index is 1060. The highest BCUT2D eigenvalue weighted by Crippen LogP contribution is 2.30. The van der Waals surface area contributed by atoms with Crippen LogP contribution in [0.1, 0.15) is 30.0 Å². The van der Waals surface area contributed by atoms with Crippen molar-refractivity contribution in [2.24, 2.45) is 0 Å². The van der Waals surface area contributed by atoms with E-state index in [2.05, 4.69) is 31.6 Å². The van der Waals surface area contributed by atoms with Crippen LogP contribution in [-0.4, -0.2) is 38.2 Å². The second-order valence-corrected chi connectivity index (χ2v) is 7.86. The molecule has 0 aliphatic heterocycles. The number of rotatable bonds is 6. The van der Waals surface area contributed by atoms with Gasteiger partial charge in [0.15, 0.2) is 0 Å². The number of aromatic nitrogens is 4. The molecule has 0 radical (unpaired) electrons. The number of fused-ring (bicyclic) bond motifs is 1. The van der Waals surface area contributed by atoms with Gasteiger partial charge < -0.3 is 10.1 Å². The van der Waals surface area contributed by atoms with Crippen LogP contribution in [0.4, 0.5) is 13.2 Å². The van der Waals surface area contributed by atoms with Crippen LogP contribution in [0.3, 0.4) is 0 Å². The number of carbonyl (C=O) groups excluding carboxylic acids is 1. The fourth-order valence-corrected chi connectivity index (χ4v) is 4.19. The van der Waals surface area contributed by atoms with Crippen molar-refractivity contribution < 1.29 is 22.7 Å². The molecule has 1 aliphatic rings. The minimum atomic E-state index is -4.76. The maximum atomic E-state index is 12.5. The SMILES string of the molecule is O=C(CSc1nnnn1-c1ccc(OC(F)(F)F)cc1)NC1CCCc2ccccc21. The summed E-state index contributed by atoms with van der Waals surface area (Å²) in [5, 5.41) is 14.8. The van der Waals surface area contributed by atoms with Crippen LogP contribution in [0, 0.1) is 0 Å². The summed E-state index contributed by atoms with van der Waals surface area (Å²) >= 11 is 1.14. The lowest BCUT2D eigenvalue weighted by molar-refractivity contribution is -0.274. The average Bonchev–Trinajstić information content (AvgIpc) is 3.21. The first kappa shape index (κ1) is 21.2. The Balaban J connectivity index is 1.37. The molecule has 0 saturated heterocycles. The summed E-state index contributed by atoms with van der Waals surface area (Å²) in [5.74, 6) is -0.380. The van der Waals surface area contributed by atoms with E-state index in [9.17, 15) is 18.0 Å². The number of carbonyl (C=O) groups is 1. The first-order valence-corrected chi connectivity index (χ1v) is 10.5. The van der Waals surface area contributed by atoms with Crippen molar-refractivity contribution >= 4 is 17.7 Å². The van der Waals surface area contributed by atoms with E-state index in [1.54, 1.807) is 0 Å². The molecule has 2 aromatic carbocycles. The molecule has 1 unspecified atom stereocenters. The predicted molar refractivity (Wildman–Crippen MR) is 107 cm³/mol. The maximum absolute atomic E-state index is 12.5. The number of hydrogen-bond acceptors (Lipinski definition) is 6. The van der Waals surface area contributed by atoms with Gasteiger partial charge in [0.2, 0.25) is 11.1 Å². The van der Waals surface area contributed by atoms with E-state index in [0.29, 0.717) is 10.8 Å². The molecule has 1 aromatic heterocycles. The molecule has 0 bridgehead atoms. The number of amides is 1. The third-order valence-electron chi connectivity index (χ3n) is 4.79. The molecule has 4 rings (SSSR count). The first-order chi connectivity index (χ1) is 14.9. The number of aryl methyl sites for hydroxylation is 1. The monoisotopic (exact) mass is 449 g/mol. The molecule has 1 N–H and O–H groups in total. The number of tetrazole rings is 1. The number of hydrogen-bond donors (Lipinski definition) is 1. The summed E-state index contributed by atoms with van der Waals surface area (Å²) in [6.45, 7) is 0. The molecule has 0 spiro atoms. The summed E-state index contributed by atoms with van der Waals surface area (Å²) in [4.78, 5) is 12.5. The molecule has 162 valence electrons. The largest absolute Gasteiger partial charge is 0.573 e. The second-order valence-electron chi connectivity index (χ2n) is 6.91. The average molecular weight is 449 g/mol.